The maximum atomic E-state index is 10.2. The zero-order valence-corrected chi connectivity index (χ0v) is 9.99. The summed E-state index contributed by atoms with van der Waals surface area (Å²) in [5, 5.41) is 0. The molecule has 0 rings (SSSR count). The lowest BCUT2D eigenvalue weighted by atomic mass is 10.7. The van der Waals surface area contributed by atoms with Crippen LogP contribution in [-0.4, -0.2) is 34.9 Å². The predicted molar refractivity (Wildman–Crippen MR) is 55.8 cm³/mol. The smallest absolute Gasteiger partial charge is 0.371 e. The lowest BCUT2D eigenvalue weighted by Crippen LogP contribution is -2.44. The number of allylic oxidation sites excluding steroid dienone is 1. The van der Waals surface area contributed by atoms with Crippen LogP contribution in [0.2, 0.25) is 0 Å². The first kappa shape index (κ1) is 13.5. The third-order valence-corrected chi connectivity index (χ3v) is 4.09. The fourth-order valence-electron chi connectivity index (χ4n) is 1.03. The van der Waals surface area contributed by atoms with Crippen molar-refractivity contribution >= 4 is 15.1 Å². The Balaban J connectivity index is 4.52. The molecule has 14 heavy (non-hydrogen) atoms. The lowest BCUT2D eigenvalue weighted by molar-refractivity contribution is -0.104. The molecule has 5 heteroatoms. The Morgan fingerprint density at radius 3 is 1.71 bits per heavy atom. The maximum absolute atomic E-state index is 10.2. The van der Waals surface area contributed by atoms with Gasteiger partial charge in [0.1, 0.15) is 6.29 Å². The maximum Gasteiger partial charge on any atom is 0.529 e. The average molecular weight is 218 g/mol. The first-order valence-electron chi connectivity index (χ1n) is 4.79. The quantitative estimate of drug-likeness (QED) is 0.350. The molecule has 0 spiro atoms. The van der Waals surface area contributed by atoms with Crippen molar-refractivity contribution in [3.05, 3.63) is 11.8 Å². The van der Waals surface area contributed by atoms with Crippen LogP contribution in [0.15, 0.2) is 11.8 Å². The largest absolute Gasteiger partial charge is 0.529 e. The van der Waals surface area contributed by atoms with Gasteiger partial charge in [0, 0.05) is 19.8 Å². The highest BCUT2D eigenvalue weighted by molar-refractivity contribution is 6.66. The Bertz CT molecular complexity index is 165. The summed E-state index contributed by atoms with van der Waals surface area (Å²) >= 11 is 0. The van der Waals surface area contributed by atoms with Gasteiger partial charge < -0.3 is 13.3 Å². The first-order valence-corrected chi connectivity index (χ1v) is 6.59. The minimum atomic E-state index is -2.73. The number of hydrogen-bond donors (Lipinski definition) is 0. The highest BCUT2D eigenvalue weighted by Crippen LogP contribution is 2.11. The van der Waals surface area contributed by atoms with Crippen molar-refractivity contribution in [2.45, 2.75) is 20.8 Å². The van der Waals surface area contributed by atoms with Gasteiger partial charge in [-0.25, -0.2) is 0 Å². The van der Waals surface area contributed by atoms with Crippen molar-refractivity contribution in [2.75, 3.05) is 19.8 Å². The summed E-state index contributed by atoms with van der Waals surface area (Å²) < 4.78 is 16.4. The molecule has 0 radical (unpaired) electrons. The van der Waals surface area contributed by atoms with Gasteiger partial charge in [0.2, 0.25) is 0 Å². The Morgan fingerprint density at radius 1 is 1.00 bits per heavy atom. The minimum Gasteiger partial charge on any atom is -0.371 e. The van der Waals surface area contributed by atoms with Crippen LogP contribution >= 0.6 is 0 Å². The first-order chi connectivity index (χ1) is 6.74. The molecule has 0 fully saturated rings. The summed E-state index contributed by atoms with van der Waals surface area (Å²) in [6.45, 7) is 7.14. The van der Waals surface area contributed by atoms with Crippen LogP contribution in [0.1, 0.15) is 20.8 Å². The molecule has 0 bridgehead atoms. The van der Waals surface area contributed by atoms with Gasteiger partial charge in [0.25, 0.3) is 0 Å². The van der Waals surface area contributed by atoms with Gasteiger partial charge in [-0.05, 0) is 32.5 Å². The van der Waals surface area contributed by atoms with Gasteiger partial charge in [-0.2, -0.15) is 0 Å². The second kappa shape index (κ2) is 7.87. The molecule has 0 atom stereocenters. The van der Waals surface area contributed by atoms with Crippen molar-refractivity contribution in [2.24, 2.45) is 0 Å². The van der Waals surface area contributed by atoms with E-state index in [0.29, 0.717) is 26.1 Å². The molecular formula is C9H18O4Si. The number of carbonyl (C=O) groups is 1. The van der Waals surface area contributed by atoms with E-state index in [1.807, 2.05) is 20.8 Å². The van der Waals surface area contributed by atoms with Crippen molar-refractivity contribution in [1.82, 2.24) is 0 Å². The van der Waals surface area contributed by atoms with Crippen LogP contribution in [0.4, 0.5) is 0 Å². The van der Waals surface area contributed by atoms with Crippen molar-refractivity contribution in [3.8, 4) is 0 Å². The molecule has 0 N–H and O–H groups in total. The van der Waals surface area contributed by atoms with E-state index in [4.69, 9.17) is 13.3 Å². The summed E-state index contributed by atoms with van der Waals surface area (Å²) in [5.74, 6) is 0. The predicted octanol–water partition coefficient (Wildman–Crippen LogP) is 1.33. The second-order valence-electron chi connectivity index (χ2n) is 2.40. The molecule has 0 heterocycles. The van der Waals surface area contributed by atoms with Crippen LogP contribution in [0, 0.1) is 0 Å². The third-order valence-electron chi connectivity index (χ3n) is 1.42. The Kier molecular flexibility index (Phi) is 7.59. The Morgan fingerprint density at radius 2 is 1.43 bits per heavy atom. The molecule has 0 aliphatic carbocycles. The van der Waals surface area contributed by atoms with Crippen LogP contribution in [0.3, 0.4) is 0 Å². The normalized spacial score (nSPS) is 12.2. The van der Waals surface area contributed by atoms with E-state index in [-0.39, 0.29) is 0 Å². The molecule has 0 saturated heterocycles. The van der Waals surface area contributed by atoms with Gasteiger partial charge in [-0.3, -0.25) is 4.79 Å². The molecule has 0 aromatic rings. The van der Waals surface area contributed by atoms with Gasteiger partial charge in [0.05, 0.1) is 0 Å². The Labute approximate surface area is 86.2 Å². The topological polar surface area (TPSA) is 44.8 Å². The summed E-state index contributed by atoms with van der Waals surface area (Å²) in [4.78, 5) is 10.2. The minimum absolute atomic E-state index is 0.509. The van der Waals surface area contributed by atoms with Crippen LogP contribution in [0.25, 0.3) is 0 Å². The van der Waals surface area contributed by atoms with E-state index < -0.39 is 8.80 Å². The molecule has 4 nitrogen and oxygen atoms in total. The highest BCUT2D eigenvalue weighted by Gasteiger charge is 2.37. The molecular weight excluding hydrogens is 200 g/mol. The van der Waals surface area contributed by atoms with E-state index in [2.05, 4.69) is 0 Å². The Hall–Kier alpha value is -0.493. The molecule has 0 amide bonds. The van der Waals surface area contributed by atoms with Crippen molar-refractivity contribution in [3.63, 3.8) is 0 Å². The third kappa shape index (κ3) is 4.66. The number of rotatable bonds is 8. The van der Waals surface area contributed by atoms with Gasteiger partial charge in [-0.1, -0.05) is 0 Å². The fourth-order valence-corrected chi connectivity index (χ4v) is 3.09. The summed E-state index contributed by atoms with van der Waals surface area (Å²) in [5.41, 5.74) is 1.61. The molecule has 0 aliphatic heterocycles. The van der Waals surface area contributed by atoms with E-state index in [1.54, 1.807) is 5.70 Å². The molecule has 0 aliphatic rings. The molecule has 82 valence electrons. The molecule has 0 aromatic heterocycles. The molecule has 0 saturated carbocycles. The number of carbonyl (C=O) groups excluding carboxylic acids is 1. The average Bonchev–Trinajstić information content (AvgIpc) is 2.16. The van der Waals surface area contributed by atoms with Crippen LogP contribution < -0.4 is 0 Å². The van der Waals surface area contributed by atoms with Crippen LogP contribution in [0.5, 0.6) is 0 Å². The second-order valence-corrected chi connectivity index (χ2v) is 4.80. The van der Waals surface area contributed by atoms with Crippen LogP contribution in [-0.2, 0) is 18.1 Å². The monoisotopic (exact) mass is 218 g/mol. The lowest BCUT2D eigenvalue weighted by Gasteiger charge is -2.24. The van der Waals surface area contributed by atoms with Gasteiger partial charge in [0.15, 0.2) is 0 Å². The van der Waals surface area contributed by atoms with Gasteiger partial charge >= 0.3 is 8.80 Å². The van der Waals surface area contributed by atoms with E-state index in [1.165, 1.54) is 6.08 Å². The number of aldehydes is 1. The van der Waals surface area contributed by atoms with E-state index in [0.717, 1.165) is 0 Å². The molecule has 0 aromatic carbocycles. The number of hydrogen-bond acceptors (Lipinski definition) is 4. The standard InChI is InChI=1S/C9H18O4Si/c1-4-11-14(12-5-2,13-6-3)9-7-8-10/h7-9H,4-6H2,1-3H3. The van der Waals surface area contributed by atoms with E-state index in [9.17, 15) is 4.79 Å². The van der Waals surface area contributed by atoms with Crippen molar-refractivity contribution < 1.29 is 18.1 Å². The van der Waals surface area contributed by atoms with Crippen molar-refractivity contribution in [1.29, 1.82) is 0 Å². The summed E-state index contributed by atoms with van der Waals surface area (Å²) in [7, 11) is -2.73. The highest BCUT2D eigenvalue weighted by atomic mass is 28.4. The fraction of sp³-hybridized carbons (Fsp3) is 0.667. The van der Waals surface area contributed by atoms with Gasteiger partial charge in [-0.15, -0.1) is 0 Å². The summed E-state index contributed by atoms with van der Waals surface area (Å²) in [6.07, 6.45) is 2.06. The zero-order valence-electron chi connectivity index (χ0n) is 8.99. The van der Waals surface area contributed by atoms with E-state index >= 15 is 0 Å². The zero-order chi connectivity index (χ0) is 10.9. The summed E-state index contributed by atoms with van der Waals surface area (Å²) in [6, 6.07) is 0. The SMILES string of the molecule is CCO[Si](C=CC=O)(OCC)OCC. The molecule has 0 unspecified atom stereocenters.